The van der Waals surface area contributed by atoms with Crippen LogP contribution in [0.1, 0.15) is 25.8 Å². The van der Waals surface area contributed by atoms with Gasteiger partial charge in [0.2, 0.25) is 0 Å². The van der Waals surface area contributed by atoms with E-state index in [1.807, 2.05) is 13.8 Å². The topological polar surface area (TPSA) is 12.4 Å². The molecule has 1 atom stereocenters. The maximum Gasteiger partial charge on any atom is 0.398 e. The van der Waals surface area contributed by atoms with Crippen molar-refractivity contribution in [2.24, 2.45) is 16.3 Å². The molecule has 1 nitrogen and oxygen atoms in total. The van der Waals surface area contributed by atoms with Gasteiger partial charge in [-0.05, 0) is 48.0 Å². The number of aryl methyl sites for hydroxylation is 1. The number of nitrogens with zero attached hydrogens (tertiary/aromatic N) is 1. The molecule has 0 aliphatic heterocycles. The van der Waals surface area contributed by atoms with E-state index in [2.05, 4.69) is 4.99 Å². The molecule has 1 saturated carbocycles. The molecule has 0 heterocycles. The van der Waals surface area contributed by atoms with Crippen LogP contribution >= 0.6 is 11.8 Å². The van der Waals surface area contributed by atoms with E-state index in [9.17, 15) is 17.6 Å². The number of halogens is 4. The molecular weight excluding hydrogens is 313 g/mol. The molecule has 1 aromatic rings. The molecule has 1 unspecified atom stereocenters. The minimum atomic E-state index is -4.27. The number of hydrogen-bond acceptors (Lipinski definition) is 2. The van der Waals surface area contributed by atoms with Gasteiger partial charge >= 0.3 is 6.18 Å². The Hall–Kier alpha value is -0.975. The Bertz CT molecular complexity index is 610. The Morgan fingerprint density at radius 1 is 1.41 bits per heavy atom. The van der Waals surface area contributed by atoms with Crippen LogP contribution in [0, 0.1) is 24.1 Å². The Balaban J connectivity index is 2.23. The van der Waals surface area contributed by atoms with E-state index in [4.69, 9.17) is 7.85 Å². The van der Waals surface area contributed by atoms with Crippen LogP contribution in [-0.2, 0) is 0 Å². The summed E-state index contributed by atoms with van der Waals surface area (Å²) >= 11 is 0.626. The first-order chi connectivity index (χ1) is 9.99. The van der Waals surface area contributed by atoms with Gasteiger partial charge in [-0.3, -0.25) is 4.99 Å². The lowest BCUT2D eigenvalue weighted by Crippen LogP contribution is -2.10. The van der Waals surface area contributed by atoms with Crippen molar-refractivity contribution in [3.8, 4) is 0 Å². The monoisotopic (exact) mass is 329 g/mol. The minimum Gasteiger partial charge on any atom is -0.266 e. The zero-order valence-corrected chi connectivity index (χ0v) is 13.4. The highest BCUT2D eigenvalue weighted by Crippen LogP contribution is 2.52. The fourth-order valence-corrected chi connectivity index (χ4v) is 3.03. The summed E-state index contributed by atoms with van der Waals surface area (Å²) in [4.78, 5) is 4.45. The maximum atomic E-state index is 13.9. The van der Waals surface area contributed by atoms with Crippen molar-refractivity contribution in [2.45, 2.75) is 38.3 Å². The number of hydrogen-bond donors (Lipinski definition) is 0. The Morgan fingerprint density at radius 3 is 2.50 bits per heavy atom. The number of aliphatic imine (C=N–C) groups is 1. The Labute approximate surface area is 133 Å². The van der Waals surface area contributed by atoms with Gasteiger partial charge in [0.05, 0.1) is 11.4 Å². The smallest absolute Gasteiger partial charge is 0.266 e. The van der Waals surface area contributed by atoms with Gasteiger partial charge in [0.1, 0.15) is 13.7 Å². The second kappa shape index (κ2) is 5.91. The van der Waals surface area contributed by atoms with Crippen LogP contribution in [-0.4, -0.2) is 25.4 Å². The first-order valence-electron chi connectivity index (χ1n) is 6.83. The summed E-state index contributed by atoms with van der Waals surface area (Å²) in [7, 11) is 5.88. The average molecular weight is 329 g/mol. The summed E-state index contributed by atoms with van der Waals surface area (Å²) < 4.78 is 50.9. The summed E-state index contributed by atoms with van der Waals surface area (Å²) in [6.07, 6.45) is -3.39. The van der Waals surface area contributed by atoms with Crippen LogP contribution in [0.5, 0.6) is 0 Å². The van der Waals surface area contributed by atoms with Crippen LogP contribution in [0.2, 0.25) is 0 Å². The standard InChI is InChI=1S/C15H16BF4NS/c1-8-4-10(17)11(5-12(8)22-7-15(18,19)20)21-13(16)9-6-14(9,2)3/h4-5,9H,6-7H2,1-3H3. The largest absolute Gasteiger partial charge is 0.398 e. The number of benzene rings is 1. The lowest BCUT2D eigenvalue weighted by Gasteiger charge is -2.11. The van der Waals surface area contributed by atoms with Gasteiger partial charge in [0, 0.05) is 4.90 Å². The maximum absolute atomic E-state index is 13.9. The number of thioether (sulfide) groups is 1. The van der Waals surface area contributed by atoms with Crippen molar-refractivity contribution in [3.63, 3.8) is 0 Å². The average Bonchev–Trinajstić information content (AvgIpc) is 2.99. The Morgan fingerprint density at radius 2 is 2.00 bits per heavy atom. The van der Waals surface area contributed by atoms with Crippen molar-refractivity contribution < 1.29 is 17.6 Å². The van der Waals surface area contributed by atoms with Crippen molar-refractivity contribution in [3.05, 3.63) is 23.5 Å². The fourth-order valence-electron chi connectivity index (χ4n) is 2.23. The lowest BCUT2D eigenvalue weighted by molar-refractivity contribution is -0.105. The van der Waals surface area contributed by atoms with Crippen molar-refractivity contribution in [1.29, 1.82) is 0 Å². The van der Waals surface area contributed by atoms with E-state index in [1.54, 1.807) is 6.92 Å². The van der Waals surface area contributed by atoms with E-state index in [0.717, 1.165) is 6.42 Å². The first-order valence-corrected chi connectivity index (χ1v) is 7.82. The molecular formula is C15H16BF4NS. The van der Waals surface area contributed by atoms with Gasteiger partial charge in [-0.15, -0.1) is 11.8 Å². The van der Waals surface area contributed by atoms with E-state index in [0.29, 0.717) is 27.8 Å². The zero-order valence-electron chi connectivity index (χ0n) is 12.6. The molecule has 118 valence electrons. The van der Waals surface area contributed by atoms with Gasteiger partial charge in [-0.2, -0.15) is 13.2 Å². The predicted octanol–water partition coefficient (Wildman–Crippen LogP) is 5.03. The quantitative estimate of drug-likeness (QED) is 0.326. The highest BCUT2D eigenvalue weighted by Gasteiger charge is 2.46. The second-order valence-corrected chi connectivity index (χ2v) is 7.27. The molecule has 22 heavy (non-hydrogen) atoms. The van der Waals surface area contributed by atoms with Crippen LogP contribution in [0.25, 0.3) is 0 Å². The molecule has 1 fully saturated rings. The predicted molar refractivity (Wildman–Crippen MR) is 82.7 cm³/mol. The van der Waals surface area contributed by atoms with Crippen LogP contribution in [0.4, 0.5) is 23.2 Å². The summed E-state index contributed by atoms with van der Waals surface area (Å²) in [6.45, 7) is 5.65. The molecule has 1 aliphatic carbocycles. The van der Waals surface area contributed by atoms with Crippen molar-refractivity contribution >= 4 is 30.9 Å². The van der Waals surface area contributed by atoms with Crippen LogP contribution in [0.3, 0.4) is 0 Å². The van der Waals surface area contributed by atoms with Gasteiger partial charge in [-0.1, -0.05) is 13.8 Å². The summed E-state index contributed by atoms with van der Waals surface area (Å²) in [5.74, 6) is -1.50. The molecule has 0 bridgehead atoms. The van der Waals surface area contributed by atoms with Crippen molar-refractivity contribution in [1.82, 2.24) is 0 Å². The van der Waals surface area contributed by atoms with E-state index in [1.165, 1.54) is 12.1 Å². The molecule has 0 spiro atoms. The lowest BCUT2D eigenvalue weighted by atomic mass is 9.92. The third kappa shape index (κ3) is 4.27. The molecule has 0 amide bonds. The highest BCUT2D eigenvalue weighted by molar-refractivity contribution is 7.99. The SMILES string of the molecule is [B]C(=Nc1cc(SCC(F)(F)F)c(C)cc1F)C1CC1(C)C. The molecule has 7 heteroatoms. The number of alkyl halides is 3. The third-order valence-electron chi connectivity index (χ3n) is 3.76. The van der Waals surface area contributed by atoms with Gasteiger partial charge in [-0.25, -0.2) is 4.39 Å². The molecule has 0 saturated heterocycles. The Kier molecular flexibility index (Phi) is 4.67. The second-order valence-electron chi connectivity index (χ2n) is 6.25. The fraction of sp³-hybridized carbons (Fsp3) is 0.533. The molecule has 1 aromatic carbocycles. The van der Waals surface area contributed by atoms with Crippen molar-refractivity contribution in [2.75, 3.05) is 5.75 Å². The van der Waals surface area contributed by atoms with Crippen LogP contribution < -0.4 is 0 Å². The van der Waals surface area contributed by atoms with Gasteiger partial charge in [0.15, 0.2) is 0 Å². The third-order valence-corrected chi connectivity index (χ3v) is 4.98. The molecule has 0 aromatic heterocycles. The molecule has 1 aliphatic rings. The van der Waals surface area contributed by atoms with E-state index in [-0.39, 0.29) is 17.0 Å². The summed E-state index contributed by atoms with van der Waals surface area (Å²) in [5, 5.41) is 0. The van der Waals surface area contributed by atoms with Gasteiger partial charge in [0.25, 0.3) is 0 Å². The zero-order chi connectivity index (χ0) is 16.7. The van der Waals surface area contributed by atoms with E-state index >= 15 is 0 Å². The summed E-state index contributed by atoms with van der Waals surface area (Å²) in [5.41, 5.74) is 0.842. The summed E-state index contributed by atoms with van der Waals surface area (Å²) in [6, 6.07) is 2.53. The minimum absolute atomic E-state index is 0.00419. The molecule has 2 rings (SSSR count). The van der Waals surface area contributed by atoms with Crippen LogP contribution in [0.15, 0.2) is 22.0 Å². The van der Waals surface area contributed by atoms with Gasteiger partial charge < -0.3 is 0 Å². The normalized spacial score (nSPS) is 21.0. The first kappa shape index (κ1) is 17.4. The van der Waals surface area contributed by atoms with E-state index < -0.39 is 17.7 Å². The highest BCUT2D eigenvalue weighted by atomic mass is 32.2. The molecule has 0 N–H and O–H groups in total. The number of rotatable bonds is 4. The molecule has 2 radical (unpaired) electrons.